The lowest BCUT2D eigenvalue weighted by Gasteiger charge is -2.19. The fourth-order valence-corrected chi connectivity index (χ4v) is 2.36. The van der Waals surface area contributed by atoms with E-state index >= 15 is 0 Å². The Balaban J connectivity index is 2.36. The Kier molecular flexibility index (Phi) is 2.38. The number of methoxy groups -OCH3 is 1. The zero-order chi connectivity index (χ0) is 13.6. The third kappa shape index (κ3) is 1.46. The van der Waals surface area contributed by atoms with Crippen molar-refractivity contribution in [1.29, 1.82) is 0 Å². The van der Waals surface area contributed by atoms with Crippen LogP contribution in [-0.2, 0) is 0 Å². The van der Waals surface area contributed by atoms with Crippen LogP contribution in [0.4, 0.5) is 0 Å². The molecule has 4 nitrogen and oxygen atoms in total. The Morgan fingerprint density at radius 2 is 1.47 bits per heavy atom. The fraction of sp³-hybridized carbons (Fsp3) is 0.0667. The van der Waals surface area contributed by atoms with E-state index in [4.69, 9.17) is 4.74 Å². The monoisotopic (exact) mass is 254 g/mol. The third-order valence-corrected chi connectivity index (χ3v) is 3.23. The molecule has 0 heterocycles. The molecule has 19 heavy (non-hydrogen) atoms. The number of carbonyl (C=O) groups is 2. The van der Waals surface area contributed by atoms with Gasteiger partial charge in [-0.25, -0.2) is 0 Å². The second-order valence-electron chi connectivity index (χ2n) is 4.24. The van der Waals surface area contributed by atoms with Gasteiger partial charge in [0.15, 0.2) is 11.6 Å². The number of hydrogen-bond acceptors (Lipinski definition) is 4. The predicted octanol–water partition coefficient (Wildman–Crippen LogP) is 2.18. The fourth-order valence-electron chi connectivity index (χ4n) is 2.36. The van der Waals surface area contributed by atoms with E-state index in [1.807, 2.05) is 0 Å². The highest BCUT2D eigenvalue weighted by atomic mass is 16.5. The van der Waals surface area contributed by atoms with E-state index in [-0.39, 0.29) is 39.6 Å². The van der Waals surface area contributed by atoms with Gasteiger partial charge in [-0.15, -0.1) is 0 Å². The lowest BCUT2D eigenvalue weighted by atomic mass is 9.83. The van der Waals surface area contributed by atoms with Gasteiger partial charge in [0.25, 0.3) is 0 Å². The summed E-state index contributed by atoms with van der Waals surface area (Å²) >= 11 is 0. The number of phenols is 1. The first-order chi connectivity index (χ1) is 9.15. The van der Waals surface area contributed by atoms with Crippen molar-refractivity contribution in [3.05, 3.63) is 58.7 Å². The molecule has 0 aliphatic heterocycles. The quantitative estimate of drug-likeness (QED) is 0.723. The smallest absolute Gasteiger partial charge is 0.198 e. The minimum Gasteiger partial charge on any atom is -0.507 e. The predicted molar refractivity (Wildman–Crippen MR) is 68.0 cm³/mol. The van der Waals surface area contributed by atoms with Crippen molar-refractivity contribution in [2.45, 2.75) is 0 Å². The lowest BCUT2D eigenvalue weighted by Crippen LogP contribution is -2.21. The van der Waals surface area contributed by atoms with E-state index in [9.17, 15) is 14.7 Å². The average molecular weight is 254 g/mol. The maximum Gasteiger partial charge on any atom is 0.198 e. The van der Waals surface area contributed by atoms with Gasteiger partial charge in [0, 0.05) is 11.1 Å². The summed E-state index contributed by atoms with van der Waals surface area (Å²) in [5.41, 5.74) is 0.793. The van der Waals surface area contributed by atoms with E-state index in [0.717, 1.165) is 0 Å². The molecule has 1 N–H and O–H groups in total. The van der Waals surface area contributed by atoms with Gasteiger partial charge < -0.3 is 9.84 Å². The maximum atomic E-state index is 12.4. The highest BCUT2D eigenvalue weighted by Crippen LogP contribution is 2.36. The van der Waals surface area contributed by atoms with Crippen LogP contribution in [0.3, 0.4) is 0 Å². The molecule has 0 unspecified atom stereocenters. The van der Waals surface area contributed by atoms with Gasteiger partial charge in [-0.3, -0.25) is 9.59 Å². The van der Waals surface area contributed by atoms with E-state index in [0.29, 0.717) is 5.75 Å². The number of aromatic hydroxyl groups is 1. The molecule has 0 amide bonds. The maximum absolute atomic E-state index is 12.4. The first kappa shape index (κ1) is 11.5. The molecule has 0 bridgehead atoms. The summed E-state index contributed by atoms with van der Waals surface area (Å²) in [6.45, 7) is 0. The molecule has 0 saturated carbocycles. The van der Waals surface area contributed by atoms with Crippen LogP contribution < -0.4 is 4.74 Å². The molecule has 2 aromatic rings. The van der Waals surface area contributed by atoms with Crippen molar-refractivity contribution in [2.24, 2.45) is 0 Å². The Labute approximate surface area is 109 Å². The molecule has 0 aromatic heterocycles. The molecule has 0 atom stereocenters. The molecule has 1 aliphatic carbocycles. The first-order valence-corrected chi connectivity index (χ1v) is 5.73. The highest BCUT2D eigenvalue weighted by Gasteiger charge is 2.33. The van der Waals surface area contributed by atoms with Crippen LogP contribution in [0.5, 0.6) is 11.5 Å². The third-order valence-electron chi connectivity index (χ3n) is 3.23. The van der Waals surface area contributed by atoms with Gasteiger partial charge in [-0.05, 0) is 12.1 Å². The van der Waals surface area contributed by atoms with Crippen LogP contribution in [0.15, 0.2) is 36.4 Å². The summed E-state index contributed by atoms with van der Waals surface area (Å²) in [5, 5.41) is 9.79. The molecular formula is C15H10O4. The molecule has 0 spiro atoms. The van der Waals surface area contributed by atoms with Crippen LogP contribution >= 0.6 is 0 Å². The number of benzene rings is 2. The van der Waals surface area contributed by atoms with Crippen LogP contribution in [0.25, 0.3) is 0 Å². The molecule has 4 heteroatoms. The zero-order valence-corrected chi connectivity index (χ0v) is 10.1. The Bertz CT molecular complexity index is 716. The molecular weight excluding hydrogens is 244 g/mol. The Morgan fingerprint density at radius 1 is 0.895 bits per heavy atom. The summed E-state index contributed by atoms with van der Waals surface area (Å²) in [5.74, 6) is -0.478. The Hall–Kier alpha value is -2.62. The van der Waals surface area contributed by atoms with Crippen LogP contribution in [0, 0.1) is 0 Å². The number of rotatable bonds is 1. The SMILES string of the molecule is COc1cccc2c1C(=O)c1cccc(O)c1C2=O. The summed E-state index contributed by atoms with van der Waals surface area (Å²) in [6.07, 6.45) is 0. The Morgan fingerprint density at radius 3 is 2.16 bits per heavy atom. The summed E-state index contributed by atoms with van der Waals surface area (Å²) in [6, 6.07) is 9.32. The molecule has 0 radical (unpaired) electrons. The molecule has 0 saturated heterocycles. The van der Waals surface area contributed by atoms with Gasteiger partial charge in [0.05, 0.1) is 18.2 Å². The van der Waals surface area contributed by atoms with Gasteiger partial charge in [0.2, 0.25) is 0 Å². The van der Waals surface area contributed by atoms with Crippen LogP contribution in [0.1, 0.15) is 31.8 Å². The minimum absolute atomic E-state index is 0.0632. The number of fused-ring (bicyclic) bond motifs is 2. The second-order valence-corrected chi connectivity index (χ2v) is 4.24. The van der Waals surface area contributed by atoms with E-state index in [1.54, 1.807) is 24.3 Å². The van der Waals surface area contributed by atoms with Gasteiger partial charge in [-0.1, -0.05) is 24.3 Å². The van der Waals surface area contributed by atoms with Crippen molar-refractivity contribution in [3.8, 4) is 11.5 Å². The zero-order valence-electron chi connectivity index (χ0n) is 10.1. The van der Waals surface area contributed by atoms with E-state index in [2.05, 4.69) is 0 Å². The van der Waals surface area contributed by atoms with Gasteiger partial charge >= 0.3 is 0 Å². The highest BCUT2D eigenvalue weighted by molar-refractivity contribution is 6.30. The van der Waals surface area contributed by atoms with Crippen molar-refractivity contribution in [3.63, 3.8) is 0 Å². The lowest BCUT2D eigenvalue weighted by molar-refractivity contribution is 0.0974. The number of ketones is 2. The number of hydrogen-bond donors (Lipinski definition) is 1. The van der Waals surface area contributed by atoms with Crippen molar-refractivity contribution in [2.75, 3.05) is 7.11 Å². The summed E-state index contributed by atoms with van der Waals surface area (Å²) in [4.78, 5) is 24.8. The molecule has 0 fully saturated rings. The molecule has 94 valence electrons. The molecule has 3 rings (SSSR count). The normalized spacial score (nSPS) is 12.9. The number of carbonyl (C=O) groups excluding carboxylic acids is 2. The van der Waals surface area contributed by atoms with Gasteiger partial charge in [-0.2, -0.15) is 0 Å². The largest absolute Gasteiger partial charge is 0.507 e. The topological polar surface area (TPSA) is 63.6 Å². The van der Waals surface area contributed by atoms with E-state index < -0.39 is 0 Å². The van der Waals surface area contributed by atoms with Crippen LogP contribution in [0.2, 0.25) is 0 Å². The van der Waals surface area contributed by atoms with Gasteiger partial charge in [0.1, 0.15) is 11.5 Å². The van der Waals surface area contributed by atoms with Crippen molar-refractivity contribution >= 4 is 11.6 Å². The summed E-state index contributed by atoms with van der Waals surface area (Å²) < 4.78 is 5.14. The second kappa shape index (κ2) is 3.95. The van der Waals surface area contributed by atoms with Crippen molar-refractivity contribution in [1.82, 2.24) is 0 Å². The summed E-state index contributed by atoms with van der Waals surface area (Å²) in [7, 11) is 1.45. The van der Waals surface area contributed by atoms with Crippen LogP contribution in [-0.4, -0.2) is 23.8 Å². The number of phenolic OH excluding ortho intramolecular Hbond substituents is 1. The van der Waals surface area contributed by atoms with Crippen molar-refractivity contribution < 1.29 is 19.4 Å². The minimum atomic E-state index is -0.360. The first-order valence-electron chi connectivity index (χ1n) is 5.73. The molecule has 2 aromatic carbocycles. The number of ether oxygens (including phenoxy) is 1. The van der Waals surface area contributed by atoms with E-state index in [1.165, 1.54) is 19.2 Å². The molecule has 1 aliphatic rings. The standard InChI is InChI=1S/C15H10O4/c1-19-11-7-3-5-9-13(11)15(18)8-4-2-6-10(16)12(8)14(9)17/h2-7,16H,1H3. The average Bonchev–Trinajstić information content (AvgIpc) is 2.43.